The van der Waals surface area contributed by atoms with E-state index >= 15 is 0 Å². The van der Waals surface area contributed by atoms with E-state index in [4.69, 9.17) is 4.74 Å². The average molecular weight is 363 g/mol. The van der Waals surface area contributed by atoms with Crippen molar-refractivity contribution < 1.29 is 14.3 Å². The predicted octanol–water partition coefficient (Wildman–Crippen LogP) is 4.77. The number of imide groups is 1. The average Bonchev–Trinajstić information content (AvgIpc) is 3.03. The normalized spacial score (nSPS) is 17.7. The second kappa shape index (κ2) is 8.21. The van der Waals surface area contributed by atoms with Gasteiger partial charge < -0.3 is 4.74 Å². The van der Waals surface area contributed by atoms with Crippen LogP contribution in [-0.2, 0) is 9.53 Å². The number of amides is 2. The number of carbonyl (C=O) groups is 2. The van der Waals surface area contributed by atoms with Crippen LogP contribution in [0.5, 0.6) is 0 Å². The molecule has 0 unspecified atom stereocenters. The second-order valence-corrected chi connectivity index (χ2v) is 7.21. The zero-order valence-electron chi connectivity index (χ0n) is 15.8. The van der Waals surface area contributed by atoms with Crippen LogP contribution in [-0.4, -0.2) is 29.5 Å². The third kappa shape index (κ3) is 4.11. The van der Waals surface area contributed by atoms with Crippen LogP contribution >= 0.6 is 0 Å². The molecule has 1 saturated heterocycles. The Bertz CT molecular complexity index is 777. The fourth-order valence-corrected chi connectivity index (χ4v) is 3.74. The van der Waals surface area contributed by atoms with Gasteiger partial charge in [-0.2, -0.15) is 0 Å². The van der Waals surface area contributed by atoms with Gasteiger partial charge in [-0.25, -0.2) is 9.69 Å². The van der Waals surface area contributed by atoms with Crippen molar-refractivity contribution in [1.82, 2.24) is 4.90 Å². The van der Waals surface area contributed by atoms with Crippen molar-refractivity contribution in [3.8, 4) is 0 Å². The maximum atomic E-state index is 13.1. The Labute approximate surface area is 160 Å². The van der Waals surface area contributed by atoms with E-state index in [1.165, 1.54) is 4.90 Å². The van der Waals surface area contributed by atoms with Crippen molar-refractivity contribution in [2.24, 2.45) is 5.92 Å². The lowest BCUT2D eigenvalue weighted by atomic mass is 9.84. The van der Waals surface area contributed by atoms with E-state index in [0.717, 1.165) is 16.7 Å². The van der Waals surface area contributed by atoms with Gasteiger partial charge in [0.1, 0.15) is 6.61 Å². The van der Waals surface area contributed by atoms with Crippen LogP contribution in [0.1, 0.15) is 37.3 Å². The van der Waals surface area contributed by atoms with Gasteiger partial charge in [-0.15, -0.1) is 6.58 Å². The minimum atomic E-state index is -0.560. The number of benzene rings is 2. The van der Waals surface area contributed by atoms with Crippen LogP contribution in [0.2, 0.25) is 0 Å². The minimum Gasteiger partial charge on any atom is -0.447 e. The standard InChI is InChI=1S/C23H25NO3/c1-16(2)14-17(3)22(25)24-20(15-27-23(24)26)21(18-10-6-4-7-11-18)19-12-8-5-9-13-19/h4-13,17,20-21H,1,14-15H2,2-3H3/t17-,20-/m0/s1. The van der Waals surface area contributed by atoms with Gasteiger partial charge in [-0.3, -0.25) is 4.79 Å². The Balaban J connectivity index is 1.99. The van der Waals surface area contributed by atoms with Crippen LogP contribution in [0.3, 0.4) is 0 Å². The zero-order chi connectivity index (χ0) is 19.4. The Morgan fingerprint density at radius 2 is 1.63 bits per heavy atom. The molecule has 1 heterocycles. The summed E-state index contributed by atoms with van der Waals surface area (Å²) in [5.41, 5.74) is 3.03. The summed E-state index contributed by atoms with van der Waals surface area (Å²) in [7, 11) is 0. The van der Waals surface area contributed by atoms with Crippen molar-refractivity contribution in [1.29, 1.82) is 0 Å². The molecule has 2 aromatic carbocycles. The summed E-state index contributed by atoms with van der Waals surface area (Å²) in [5.74, 6) is -0.662. The molecule has 1 aliphatic rings. The number of hydrogen-bond acceptors (Lipinski definition) is 3. The molecule has 1 fully saturated rings. The summed E-state index contributed by atoms with van der Waals surface area (Å²) in [5, 5.41) is 0. The van der Waals surface area contributed by atoms with Crippen molar-refractivity contribution in [3.63, 3.8) is 0 Å². The first-order chi connectivity index (χ1) is 13.0. The van der Waals surface area contributed by atoms with Gasteiger partial charge >= 0.3 is 6.09 Å². The summed E-state index contributed by atoms with van der Waals surface area (Å²) in [4.78, 5) is 26.8. The Kier molecular flexibility index (Phi) is 5.75. The number of rotatable bonds is 6. The van der Waals surface area contributed by atoms with Crippen LogP contribution in [0.4, 0.5) is 4.79 Å². The number of nitrogens with zero attached hydrogens (tertiary/aromatic N) is 1. The van der Waals surface area contributed by atoms with Gasteiger partial charge in [0, 0.05) is 11.8 Å². The first-order valence-corrected chi connectivity index (χ1v) is 9.23. The topological polar surface area (TPSA) is 46.6 Å². The Morgan fingerprint density at radius 1 is 1.11 bits per heavy atom. The zero-order valence-corrected chi connectivity index (χ0v) is 15.8. The van der Waals surface area contributed by atoms with Crippen LogP contribution in [0, 0.1) is 5.92 Å². The smallest absolute Gasteiger partial charge is 0.417 e. The van der Waals surface area contributed by atoms with Crippen molar-refractivity contribution in [3.05, 3.63) is 83.9 Å². The lowest BCUT2D eigenvalue weighted by molar-refractivity contribution is -0.133. The first-order valence-electron chi connectivity index (χ1n) is 9.23. The third-order valence-electron chi connectivity index (χ3n) is 4.92. The van der Waals surface area contributed by atoms with E-state index in [0.29, 0.717) is 6.42 Å². The van der Waals surface area contributed by atoms with E-state index in [1.807, 2.05) is 74.5 Å². The number of carbonyl (C=O) groups excluding carboxylic acids is 2. The molecular formula is C23H25NO3. The van der Waals surface area contributed by atoms with E-state index < -0.39 is 6.09 Å². The maximum absolute atomic E-state index is 13.1. The molecule has 27 heavy (non-hydrogen) atoms. The molecule has 3 rings (SSSR count). The fourth-order valence-electron chi connectivity index (χ4n) is 3.74. The van der Waals surface area contributed by atoms with Gasteiger partial charge in [-0.05, 0) is 24.5 Å². The van der Waals surface area contributed by atoms with E-state index in [-0.39, 0.29) is 30.4 Å². The number of ether oxygens (including phenoxy) is 1. The summed E-state index contributed by atoms with van der Waals surface area (Å²) >= 11 is 0. The van der Waals surface area contributed by atoms with Crippen LogP contribution in [0.15, 0.2) is 72.8 Å². The molecule has 140 valence electrons. The molecule has 0 aromatic heterocycles. The van der Waals surface area contributed by atoms with Crippen LogP contribution < -0.4 is 0 Å². The van der Waals surface area contributed by atoms with E-state index in [9.17, 15) is 9.59 Å². The van der Waals surface area contributed by atoms with Gasteiger partial charge in [0.2, 0.25) is 5.91 Å². The van der Waals surface area contributed by atoms with Crippen molar-refractivity contribution in [2.45, 2.75) is 32.2 Å². The maximum Gasteiger partial charge on any atom is 0.417 e. The molecule has 4 nitrogen and oxygen atoms in total. The second-order valence-electron chi connectivity index (χ2n) is 7.21. The molecule has 0 saturated carbocycles. The molecule has 2 aromatic rings. The molecule has 0 N–H and O–H groups in total. The molecule has 1 aliphatic heterocycles. The summed E-state index contributed by atoms with van der Waals surface area (Å²) in [6, 6.07) is 19.5. The molecule has 0 spiro atoms. The third-order valence-corrected chi connectivity index (χ3v) is 4.92. The monoisotopic (exact) mass is 363 g/mol. The molecule has 2 atom stereocenters. The van der Waals surface area contributed by atoms with Crippen molar-refractivity contribution >= 4 is 12.0 Å². The highest BCUT2D eigenvalue weighted by atomic mass is 16.6. The van der Waals surface area contributed by atoms with E-state index in [1.54, 1.807) is 0 Å². The van der Waals surface area contributed by atoms with Gasteiger partial charge in [0.15, 0.2) is 0 Å². The lowest BCUT2D eigenvalue weighted by Crippen LogP contribution is -2.45. The summed E-state index contributed by atoms with van der Waals surface area (Å²) in [6.07, 6.45) is -0.00753. The minimum absolute atomic E-state index is 0.139. The molecule has 4 heteroatoms. The quantitative estimate of drug-likeness (QED) is 0.695. The molecular weight excluding hydrogens is 338 g/mol. The van der Waals surface area contributed by atoms with Crippen molar-refractivity contribution in [2.75, 3.05) is 6.61 Å². The fraction of sp³-hybridized carbons (Fsp3) is 0.304. The summed E-state index contributed by atoms with van der Waals surface area (Å²) < 4.78 is 5.32. The van der Waals surface area contributed by atoms with E-state index in [2.05, 4.69) is 6.58 Å². The van der Waals surface area contributed by atoms with Crippen LogP contribution in [0.25, 0.3) is 0 Å². The summed E-state index contributed by atoms with van der Waals surface area (Å²) in [6.45, 7) is 7.80. The SMILES string of the molecule is C=C(C)C[C@H](C)C(=O)N1C(=O)OC[C@H]1C(c1ccccc1)c1ccccc1. The van der Waals surface area contributed by atoms with Gasteiger partial charge in [0.05, 0.1) is 6.04 Å². The molecule has 0 aliphatic carbocycles. The van der Waals surface area contributed by atoms with Gasteiger partial charge in [-0.1, -0.05) is 73.2 Å². The highest BCUT2D eigenvalue weighted by Crippen LogP contribution is 2.35. The molecule has 2 amide bonds. The highest BCUT2D eigenvalue weighted by molar-refractivity contribution is 5.95. The first kappa shape index (κ1) is 18.9. The largest absolute Gasteiger partial charge is 0.447 e. The number of allylic oxidation sites excluding steroid dienone is 1. The lowest BCUT2D eigenvalue weighted by Gasteiger charge is -2.30. The number of hydrogen-bond donors (Lipinski definition) is 0. The Hall–Kier alpha value is -2.88. The predicted molar refractivity (Wildman–Crippen MR) is 105 cm³/mol. The molecule has 0 radical (unpaired) electrons. The highest BCUT2D eigenvalue weighted by Gasteiger charge is 2.44. The van der Waals surface area contributed by atoms with Gasteiger partial charge in [0.25, 0.3) is 0 Å². The Morgan fingerprint density at radius 3 is 2.11 bits per heavy atom. The molecule has 0 bridgehead atoms. The number of cyclic esters (lactones) is 1.